The number of aliphatic hydroxyl groups excluding tert-OH is 1. The van der Waals surface area contributed by atoms with Crippen molar-refractivity contribution in [3.05, 3.63) is 48.0 Å². The normalized spacial score (nSPS) is 31.5. The third-order valence-electron chi connectivity index (χ3n) is 7.89. The second-order valence-electron chi connectivity index (χ2n) is 10.8. The highest BCUT2D eigenvalue weighted by molar-refractivity contribution is 5.97. The van der Waals surface area contributed by atoms with Crippen LogP contribution in [0.2, 0.25) is 0 Å². The molecule has 2 bridgehead atoms. The minimum Gasteiger partial charge on any atom is -0.479 e. The number of aliphatic hydroxyl groups is 2. The van der Waals surface area contributed by atoms with E-state index in [4.69, 9.17) is 28.4 Å². The molecule has 0 aromatic heterocycles. The molecule has 0 aliphatic carbocycles. The molecule has 15 heteroatoms. The molecule has 244 valence electrons. The smallest absolute Gasteiger partial charge is 0.343 e. The van der Waals surface area contributed by atoms with Gasteiger partial charge in [-0.2, -0.15) is 0 Å². The molecule has 5 N–H and O–H groups in total. The van der Waals surface area contributed by atoms with Crippen molar-refractivity contribution in [2.75, 3.05) is 13.9 Å². The van der Waals surface area contributed by atoms with Crippen LogP contribution in [0.25, 0.3) is 0 Å². The number of methoxy groups -OCH3 is 1. The van der Waals surface area contributed by atoms with Crippen LogP contribution in [0.5, 0.6) is 0 Å². The average Bonchev–Trinajstić information content (AvgIpc) is 3.18. The lowest BCUT2D eigenvalue weighted by Gasteiger charge is -2.48. The van der Waals surface area contributed by atoms with E-state index in [1.54, 1.807) is 0 Å². The van der Waals surface area contributed by atoms with Crippen LogP contribution in [0.4, 0.5) is 0 Å². The van der Waals surface area contributed by atoms with Crippen molar-refractivity contribution in [3.8, 4) is 0 Å². The quantitative estimate of drug-likeness (QED) is 0.0967. The van der Waals surface area contributed by atoms with Gasteiger partial charge in [-0.05, 0) is 30.9 Å². The molecule has 2 saturated heterocycles. The van der Waals surface area contributed by atoms with E-state index in [2.05, 4.69) is 6.58 Å². The summed E-state index contributed by atoms with van der Waals surface area (Å²) < 4.78 is 32.6. The number of hydrogen-bond donors (Lipinski definition) is 5. The van der Waals surface area contributed by atoms with E-state index >= 15 is 0 Å². The molecule has 1 aromatic carbocycles. The first-order valence-corrected chi connectivity index (χ1v) is 13.7. The van der Waals surface area contributed by atoms with Crippen LogP contribution in [0.15, 0.2) is 42.5 Å². The number of esters is 1. The SMILES string of the molecule is C=C(CCC12OC(C(=O)O)C(O)(C(=O)O)C(C(=O)O)(O1)C(O)C2OCOC(C)OC)C(OC(C)=O)C(C)Cc1ccccc1. The van der Waals surface area contributed by atoms with Crippen molar-refractivity contribution < 1.29 is 73.1 Å². The van der Waals surface area contributed by atoms with E-state index < -0.39 is 84.8 Å². The van der Waals surface area contributed by atoms with E-state index in [1.807, 2.05) is 37.3 Å². The Kier molecular flexibility index (Phi) is 10.9. The summed E-state index contributed by atoms with van der Waals surface area (Å²) in [6, 6.07) is 9.33. The second-order valence-corrected chi connectivity index (χ2v) is 10.8. The summed E-state index contributed by atoms with van der Waals surface area (Å²) in [7, 11) is 1.32. The maximum absolute atomic E-state index is 12.6. The zero-order valence-electron chi connectivity index (χ0n) is 24.7. The Labute approximate surface area is 252 Å². The molecule has 2 fully saturated rings. The molecular formula is C29H38O15. The van der Waals surface area contributed by atoms with E-state index in [1.165, 1.54) is 21.0 Å². The zero-order valence-corrected chi connectivity index (χ0v) is 24.7. The molecule has 3 rings (SSSR count). The lowest BCUT2D eigenvalue weighted by atomic mass is 9.74. The van der Waals surface area contributed by atoms with Crippen molar-refractivity contribution in [1.82, 2.24) is 0 Å². The van der Waals surface area contributed by atoms with Gasteiger partial charge in [-0.15, -0.1) is 0 Å². The van der Waals surface area contributed by atoms with Gasteiger partial charge in [0.1, 0.15) is 18.3 Å². The van der Waals surface area contributed by atoms with Crippen molar-refractivity contribution in [1.29, 1.82) is 0 Å². The maximum atomic E-state index is 12.6. The molecule has 1 aromatic rings. The largest absolute Gasteiger partial charge is 0.479 e. The van der Waals surface area contributed by atoms with Gasteiger partial charge in [-0.1, -0.05) is 43.8 Å². The molecule has 15 nitrogen and oxygen atoms in total. The van der Waals surface area contributed by atoms with Gasteiger partial charge in [0.25, 0.3) is 0 Å². The van der Waals surface area contributed by atoms with Crippen molar-refractivity contribution >= 4 is 23.9 Å². The van der Waals surface area contributed by atoms with Crippen molar-refractivity contribution in [2.45, 2.75) is 87.7 Å². The number of carboxylic acids is 3. The standard InChI is InChI=1S/C29H38O15/c1-15(20(42-17(3)30)16(2)13-19-9-7-6-8-10-19)11-12-27-22(41-14-40-18(4)39-5)21(31)29(44-27,26(36)37)28(38,25(34)35)23(43-27)24(32)33/h6-10,16,18,20-23,31,38H,1,11-14H2,2-5H3,(H,32,33)(H,34,35)(H,36,37). The second kappa shape index (κ2) is 13.7. The maximum Gasteiger partial charge on any atom is 0.343 e. The third-order valence-corrected chi connectivity index (χ3v) is 7.89. The molecule has 0 saturated carbocycles. The Hall–Kier alpha value is -3.44. The summed E-state index contributed by atoms with van der Waals surface area (Å²) in [5.74, 6) is -9.94. The predicted molar refractivity (Wildman–Crippen MR) is 146 cm³/mol. The summed E-state index contributed by atoms with van der Waals surface area (Å²) in [6.45, 7) is 7.88. The minimum absolute atomic E-state index is 0.174. The van der Waals surface area contributed by atoms with Gasteiger partial charge in [-0.3, -0.25) is 4.79 Å². The fourth-order valence-corrected chi connectivity index (χ4v) is 5.65. The summed E-state index contributed by atoms with van der Waals surface area (Å²) in [5.41, 5.74) is -6.03. The topological polar surface area (TPSA) is 225 Å². The van der Waals surface area contributed by atoms with Crippen LogP contribution in [0, 0.1) is 5.92 Å². The monoisotopic (exact) mass is 626 g/mol. The van der Waals surface area contributed by atoms with Crippen LogP contribution in [-0.2, 0) is 54.0 Å². The first-order chi connectivity index (χ1) is 20.6. The zero-order chi connectivity index (χ0) is 33.0. The van der Waals surface area contributed by atoms with Crippen LogP contribution in [0.3, 0.4) is 0 Å². The van der Waals surface area contributed by atoms with Gasteiger partial charge >= 0.3 is 23.9 Å². The Morgan fingerprint density at radius 3 is 2.23 bits per heavy atom. The number of fused-ring (bicyclic) bond motifs is 2. The number of rotatable bonds is 16. The van der Waals surface area contributed by atoms with Gasteiger partial charge < -0.3 is 54.0 Å². The number of carbonyl (C=O) groups is 4. The Bertz CT molecular complexity index is 1240. The molecular weight excluding hydrogens is 588 g/mol. The van der Waals surface area contributed by atoms with Gasteiger partial charge in [0.15, 0.2) is 13.1 Å². The minimum atomic E-state index is -3.81. The average molecular weight is 627 g/mol. The lowest BCUT2D eigenvalue weighted by molar-refractivity contribution is -0.378. The first kappa shape index (κ1) is 35.0. The lowest BCUT2D eigenvalue weighted by Crippen LogP contribution is -2.77. The number of ether oxygens (including phenoxy) is 6. The first-order valence-electron chi connectivity index (χ1n) is 13.7. The molecule has 0 amide bonds. The molecule has 2 aliphatic rings. The highest BCUT2D eigenvalue weighted by Gasteiger charge is 2.85. The molecule has 2 aliphatic heterocycles. The number of carboxylic acid groups (broad SMARTS) is 3. The number of hydrogen-bond acceptors (Lipinski definition) is 12. The van der Waals surface area contributed by atoms with Crippen LogP contribution >= 0.6 is 0 Å². The van der Waals surface area contributed by atoms with Gasteiger partial charge in [0.05, 0.1) is 0 Å². The Morgan fingerprint density at radius 2 is 1.70 bits per heavy atom. The van der Waals surface area contributed by atoms with Crippen LogP contribution in [-0.4, -0.2) is 111 Å². The van der Waals surface area contributed by atoms with E-state index in [-0.39, 0.29) is 12.3 Å². The van der Waals surface area contributed by atoms with Crippen molar-refractivity contribution in [3.63, 3.8) is 0 Å². The van der Waals surface area contributed by atoms with Crippen LogP contribution in [0.1, 0.15) is 39.2 Å². The van der Waals surface area contributed by atoms with Gasteiger partial charge in [-0.25, -0.2) is 14.4 Å². The molecule has 44 heavy (non-hydrogen) atoms. The summed E-state index contributed by atoms with van der Waals surface area (Å²) >= 11 is 0. The predicted octanol–water partition coefficient (Wildman–Crippen LogP) is 0.695. The van der Waals surface area contributed by atoms with E-state index in [0.717, 1.165) is 5.56 Å². The highest BCUT2D eigenvalue weighted by Crippen LogP contribution is 2.55. The van der Waals surface area contributed by atoms with E-state index in [9.17, 15) is 44.7 Å². The summed E-state index contributed by atoms with van der Waals surface area (Å²) in [5, 5.41) is 52.4. The molecule has 9 atom stereocenters. The molecule has 0 radical (unpaired) electrons. The third kappa shape index (κ3) is 6.35. The number of aliphatic carboxylic acids is 3. The van der Waals surface area contributed by atoms with Gasteiger partial charge in [0.2, 0.25) is 23.1 Å². The highest BCUT2D eigenvalue weighted by atomic mass is 16.8. The Balaban J connectivity index is 2.01. The fourth-order valence-electron chi connectivity index (χ4n) is 5.65. The number of carbonyl (C=O) groups excluding carboxylic acids is 1. The van der Waals surface area contributed by atoms with Crippen molar-refractivity contribution in [2.24, 2.45) is 5.92 Å². The molecule has 9 unspecified atom stereocenters. The van der Waals surface area contributed by atoms with Gasteiger partial charge in [0, 0.05) is 26.4 Å². The summed E-state index contributed by atoms with van der Waals surface area (Å²) in [4.78, 5) is 49.2. The number of benzene rings is 1. The summed E-state index contributed by atoms with van der Waals surface area (Å²) in [6.07, 6.45) is -9.01. The molecule has 0 spiro atoms. The molecule has 2 heterocycles. The fraction of sp³-hybridized carbons (Fsp3) is 0.586. The van der Waals surface area contributed by atoms with Crippen LogP contribution < -0.4 is 0 Å². The Morgan fingerprint density at radius 1 is 1.07 bits per heavy atom. The van der Waals surface area contributed by atoms with E-state index in [0.29, 0.717) is 12.0 Å².